The zero-order chi connectivity index (χ0) is 13.1. The number of carboxylic acids is 1. The van der Waals surface area contributed by atoms with Gasteiger partial charge in [0.05, 0.1) is 6.42 Å². The summed E-state index contributed by atoms with van der Waals surface area (Å²) in [7, 11) is 0. The minimum Gasteiger partial charge on any atom is -0.480 e. The monoisotopic (exact) mass is 247 g/mol. The Balaban J connectivity index is 2.65. The molecule has 0 heterocycles. The second-order valence-corrected chi connectivity index (χ2v) is 3.76. The van der Waals surface area contributed by atoms with Crippen molar-refractivity contribution in [3.63, 3.8) is 0 Å². The van der Waals surface area contributed by atoms with Crippen LogP contribution in [0.1, 0.15) is 11.1 Å². The van der Waals surface area contributed by atoms with Crippen molar-refractivity contribution in [1.29, 1.82) is 0 Å². The average Bonchev–Trinajstić information content (AvgIpc) is 2.18. The third-order valence-electron chi connectivity index (χ3n) is 2.20. The van der Waals surface area contributed by atoms with Crippen LogP contribution >= 0.6 is 0 Å². The lowest BCUT2D eigenvalue weighted by atomic mass is 10.0. The number of nitrogens with two attached hydrogens (primary N) is 1. The molecule has 6 heteroatoms. The summed E-state index contributed by atoms with van der Waals surface area (Å²) in [5, 5.41) is 8.58. The molecule has 1 rings (SSSR count). The van der Waals surface area contributed by atoms with Crippen LogP contribution in [-0.4, -0.2) is 23.3 Å². The van der Waals surface area contributed by atoms with Crippen LogP contribution in [-0.2, 0) is 17.6 Å². The van der Waals surface area contributed by atoms with Gasteiger partial charge in [0.2, 0.25) is 0 Å². The van der Waals surface area contributed by atoms with E-state index in [1.54, 1.807) is 0 Å². The standard InChI is InChI=1S/C11H12F3NO2/c12-11(13,14)6-8-3-1-7(2-4-8)5-9(15)10(16)17/h1-4,9H,5-6,15H2,(H,16,17). The largest absolute Gasteiger partial charge is 0.480 e. The summed E-state index contributed by atoms with van der Waals surface area (Å²) in [6.07, 6.45) is -5.13. The maximum absolute atomic E-state index is 12.1. The van der Waals surface area contributed by atoms with Gasteiger partial charge in [0, 0.05) is 0 Å². The van der Waals surface area contributed by atoms with E-state index in [2.05, 4.69) is 0 Å². The Morgan fingerprint density at radius 1 is 1.24 bits per heavy atom. The van der Waals surface area contributed by atoms with Gasteiger partial charge in [0.1, 0.15) is 6.04 Å². The predicted octanol–water partition coefficient (Wildman–Crippen LogP) is 1.75. The minimum absolute atomic E-state index is 0.0988. The Bertz CT molecular complexity index is 387. The molecule has 0 aliphatic heterocycles. The smallest absolute Gasteiger partial charge is 0.393 e. The maximum atomic E-state index is 12.1. The first-order valence-electron chi connectivity index (χ1n) is 4.91. The fourth-order valence-electron chi connectivity index (χ4n) is 1.37. The molecule has 0 saturated carbocycles. The normalized spacial score (nSPS) is 13.4. The van der Waals surface area contributed by atoms with E-state index >= 15 is 0 Å². The number of aliphatic carboxylic acids is 1. The van der Waals surface area contributed by atoms with Crippen LogP contribution in [0.2, 0.25) is 0 Å². The molecule has 17 heavy (non-hydrogen) atoms. The Morgan fingerprint density at radius 2 is 1.71 bits per heavy atom. The number of benzene rings is 1. The highest BCUT2D eigenvalue weighted by Gasteiger charge is 2.27. The van der Waals surface area contributed by atoms with Crippen LogP contribution in [0.15, 0.2) is 24.3 Å². The van der Waals surface area contributed by atoms with E-state index in [4.69, 9.17) is 10.8 Å². The molecule has 1 atom stereocenters. The molecule has 1 unspecified atom stereocenters. The van der Waals surface area contributed by atoms with E-state index in [0.29, 0.717) is 5.56 Å². The molecule has 0 saturated heterocycles. The molecule has 0 amide bonds. The van der Waals surface area contributed by atoms with Crippen molar-refractivity contribution in [2.75, 3.05) is 0 Å². The van der Waals surface area contributed by atoms with E-state index in [1.807, 2.05) is 0 Å². The number of carbonyl (C=O) groups is 1. The molecule has 0 aliphatic rings. The molecule has 94 valence electrons. The first-order valence-corrected chi connectivity index (χ1v) is 4.91. The lowest BCUT2D eigenvalue weighted by Gasteiger charge is -2.09. The summed E-state index contributed by atoms with van der Waals surface area (Å²) in [4.78, 5) is 10.5. The van der Waals surface area contributed by atoms with Crippen LogP contribution in [0, 0.1) is 0 Å². The summed E-state index contributed by atoms with van der Waals surface area (Å²) in [5.74, 6) is -1.13. The SMILES string of the molecule is NC(Cc1ccc(CC(F)(F)F)cc1)C(=O)O. The molecule has 0 bridgehead atoms. The van der Waals surface area contributed by atoms with Crippen molar-refractivity contribution < 1.29 is 23.1 Å². The Kier molecular flexibility index (Phi) is 4.11. The Morgan fingerprint density at radius 3 is 2.12 bits per heavy atom. The summed E-state index contributed by atoms with van der Waals surface area (Å²) < 4.78 is 36.2. The van der Waals surface area contributed by atoms with Crippen molar-refractivity contribution in [3.8, 4) is 0 Å². The second-order valence-electron chi connectivity index (χ2n) is 3.76. The number of halogens is 3. The van der Waals surface area contributed by atoms with Gasteiger partial charge in [-0.2, -0.15) is 13.2 Å². The van der Waals surface area contributed by atoms with E-state index in [0.717, 1.165) is 0 Å². The molecule has 0 aliphatic carbocycles. The first-order chi connectivity index (χ1) is 7.78. The van der Waals surface area contributed by atoms with E-state index in [-0.39, 0.29) is 12.0 Å². The van der Waals surface area contributed by atoms with Crippen molar-refractivity contribution in [2.24, 2.45) is 5.73 Å². The van der Waals surface area contributed by atoms with Gasteiger partial charge in [-0.25, -0.2) is 0 Å². The van der Waals surface area contributed by atoms with Gasteiger partial charge in [-0.05, 0) is 17.5 Å². The molecule has 3 N–H and O–H groups in total. The van der Waals surface area contributed by atoms with E-state index in [9.17, 15) is 18.0 Å². The molecule has 1 aromatic carbocycles. The van der Waals surface area contributed by atoms with Gasteiger partial charge in [-0.3, -0.25) is 4.79 Å². The van der Waals surface area contributed by atoms with Crippen molar-refractivity contribution in [1.82, 2.24) is 0 Å². The lowest BCUT2D eigenvalue weighted by molar-refractivity contribution is -0.138. The quantitative estimate of drug-likeness (QED) is 0.851. The van der Waals surface area contributed by atoms with Crippen molar-refractivity contribution in [2.45, 2.75) is 25.1 Å². The van der Waals surface area contributed by atoms with E-state index < -0.39 is 24.6 Å². The highest BCUT2D eigenvalue weighted by molar-refractivity contribution is 5.73. The van der Waals surface area contributed by atoms with Gasteiger partial charge in [0.25, 0.3) is 0 Å². The van der Waals surface area contributed by atoms with Gasteiger partial charge in [-0.15, -0.1) is 0 Å². The number of rotatable bonds is 4. The molecular formula is C11H12F3NO2. The van der Waals surface area contributed by atoms with Crippen LogP contribution in [0.5, 0.6) is 0 Å². The fourth-order valence-corrected chi connectivity index (χ4v) is 1.37. The molecule has 0 radical (unpaired) electrons. The minimum atomic E-state index is -4.24. The zero-order valence-electron chi connectivity index (χ0n) is 8.87. The van der Waals surface area contributed by atoms with Gasteiger partial charge >= 0.3 is 12.1 Å². The third-order valence-corrected chi connectivity index (χ3v) is 2.20. The van der Waals surface area contributed by atoms with Crippen molar-refractivity contribution in [3.05, 3.63) is 35.4 Å². The number of carboxylic acid groups (broad SMARTS) is 1. The summed E-state index contributed by atoms with van der Waals surface area (Å²) >= 11 is 0. The van der Waals surface area contributed by atoms with Gasteiger partial charge in [0.15, 0.2) is 0 Å². The predicted molar refractivity (Wildman–Crippen MR) is 55.5 cm³/mol. The van der Waals surface area contributed by atoms with Gasteiger partial charge < -0.3 is 10.8 Å². The van der Waals surface area contributed by atoms with Gasteiger partial charge in [-0.1, -0.05) is 24.3 Å². The fraction of sp³-hybridized carbons (Fsp3) is 0.364. The van der Waals surface area contributed by atoms with Crippen LogP contribution in [0.4, 0.5) is 13.2 Å². The zero-order valence-corrected chi connectivity index (χ0v) is 8.87. The number of hydrogen-bond acceptors (Lipinski definition) is 2. The first kappa shape index (κ1) is 13.5. The number of alkyl halides is 3. The van der Waals surface area contributed by atoms with Crippen LogP contribution in [0.3, 0.4) is 0 Å². The second kappa shape index (κ2) is 5.18. The molecule has 3 nitrogen and oxygen atoms in total. The summed E-state index contributed by atoms with van der Waals surface area (Å²) in [6, 6.07) is 4.55. The summed E-state index contributed by atoms with van der Waals surface area (Å²) in [5.41, 5.74) is 6.06. The molecular weight excluding hydrogens is 235 g/mol. The maximum Gasteiger partial charge on any atom is 0.393 e. The van der Waals surface area contributed by atoms with Crippen LogP contribution in [0.25, 0.3) is 0 Å². The highest BCUT2D eigenvalue weighted by Crippen LogP contribution is 2.21. The highest BCUT2D eigenvalue weighted by atomic mass is 19.4. The Hall–Kier alpha value is -1.56. The lowest BCUT2D eigenvalue weighted by Crippen LogP contribution is -2.32. The molecule has 0 aromatic heterocycles. The molecule has 1 aromatic rings. The average molecular weight is 247 g/mol. The van der Waals surface area contributed by atoms with Crippen molar-refractivity contribution >= 4 is 5.97 Å². The van der Waals surface area contributed by atoms with E-state index in [1.165, 1.54) is 24.3 Å². The third kappa shape index (κ3) is 4.86. The molecule has 0 spiro atoms. The van der Waals surface area contributed by atoms with Crippen LogP contribution < -0.4 is 5.73 Å². The molecule has 0 fully saturated rings. The number of hydrogen-bond donors (Lipinski definition) is 2. The topological polar surface area (TPSA) is 63.3 Å². The Labute approximate surface area is 96.0 Å². The summed E-state index contributed by atoms with van der Waals surface area (Å²) in [6.45, 7) is 0.